The predicted octanol–water partition coefficient (Wildman–Crippen LogP) is 4.26. The maximum absolute atomic E-state index is 11.2. The van der Waals surface area contributed by atoms with E-state index in [2.05, 4.69) is 117 Å². The zero-order valence-corrected chi connectivity index (χ0v) is 52.3. The minimum atomic E-state index is -3.47. The number of rotatable bonds is 24. The molecule has 0 saturated heterocycles. The molecule has 0 aromatic carbocycles. The molecule has 0 aliphatic rings. The molecule has 0 rings (SSSR count). The Morgan fingerprint density at radius 3 is 0.456 bits per heavy atom. The molecule has 9 nitrogen and oxygen atoms in total. The van der Waals surface area contributed by atoms with Gasteiger partial charge in [-0.3, -0.25) is 0 Å². The van der Waals surface area contributed by atoms with Crippen LogP contribution in [0.25, 0.3) is 0 Å². The molecule has 0 aliphatic heterocycles. The fourth-order valence-corrected chi connectivity index (χ4v) is 25.2. The van der Waals surface area contributed by atoms with E-state index in [0.717, 1.165) is 149 Å². The van der Waals surface area contributed by atoms with Gasteiger partial charge in [0.2, 0.25) is 0 Å². The third kappa shape index (κ3) is 58.3. The van der Waals surface area contributed by atoms with Gasteiger partial charge in [0.15, 0.2) is 12.5 Å². The minimum absolute atomic E-state index is 0. The second-order valence-corrected chi connectivity index (χ2v) is 43.1. The van der Waals surface area contributed by atoms with Gasteiger partial charge in [0.1, 0.15) is 0 Å². The SMILES string of the molecule is CCCCS(CCCC)=P([O-])([O-])[S-].CCCCS(CCCC)=P([O-])([O-])[S-].CCCCS(CCCC)=P([O-])([O-])[S-].CCCCS(CCCC)=P([O-])([O-])[S-].O=S.[Mo+4].[Mo+4].[Mo+4]. The van der Waals surface area contributed by atoms with Crippen molar-refractivity contribution in [2.45, 2.75) is 158 Å². The Bertz CT molecular complexity index is 887. The maximum atomic E-state index is 11.2. The molecule has 0 atom stereocenters. The molecule has 0 heterocycles. The van der Waals surface area contributed by atoms with E-state index >= 15 is 0 Å². The van der Waals surface area contributed by atoms with Crippen molar-refractivity contribution in [2.24, 2.45) is 0 Å². The minimum Gasteiger partial charge on any atom is -0.854 e. The Morgan fingerprint density at radius 2 is 0.404 bits per heavy atom. The molecule has 0 unspecified atom stereocenters. The van der Waals surface area contributed by atoms with E-state index in [4.69, 9.17) is 4.21 Å². The van der Waals surface area contributed by atoms with Crippen LogP contribution >= 0.6 is 22.8 Å². The van der Waals surface area contributed by atoms with Gasteiger partial charge in [-0.1, -0.05) is 107 Å². The van der Waals surface area contributed by atoms with Crippen molar-refractivity contribution in [2.75, 3.05) is 46.0 Å². The van der Waals surface area contributed by atoms with E-state index in [1.54, 1.807) is 0 Å². The first-order valence-corrected chi connectivity index (χ1v) is 38.6. The van der Waals surface area contributed by atoms with E-state index in [1.165, 1.54) is 0 Å². The first-order chi connectivity index (χ1) is 25.1. The van der Waals surface area contributed by atoms with Crippen molar-refractivity contribution >= 4 is 125 Å². The molecule has 346 valence electrons. The van der Waals surface area contributed by atoms with Gasteiger partial charge in [0, 0.05) is 0 Å². The molecule has 0 aromatic heterocycles. The van der Waals surface area contributed by atoms with Crippen LogP contribution in [-0.2, 0) is 165 Å². The average Bonchev–Trinajstić information content (AvgIpc) is 3.08. The van der Waals surface area contributed by atoms with Crippen molar-refractivity contribution in [3.05, 3.63) is 0 Å². The molecule has 0 N–H and O–H groups in total. The monoisotopic (exact) mass is 1310 g/mol. The zero-order valence-electron chi connectivity index (χ0n) is 35.3. The van der Waals surface area contributed by atoms with Gasteiger partial charge in [0.25, 0.3) is 0 Å². The van der Waals surface area contributed by atoms with E-state index in [0.29, 0.717) is 0 Å². The van der Waals surface area contributed by atoms with Gasteiger partial charge in [-0.05, 0) is 97.4 Å². The molecule has 0 radical (unpaired) electrons. The molecule has 0 bridgehead atoms. The quantitative estimate of drug-likeness (QED) is 0.0754. The standard InChI is InChI=1S/4C8H18O2PS2.3Mo.OS/c4*1-3-5-7-13(8-6-4-2)11(9,10)12;;;;1-2/h4*3-8H2,1-2H3;;;;/q4*-3;3*+4;. The van der Waals surface area contributed by atoms with Gasteiger partial charge in [-0.2, -0.15) is 4.21 Å². The summed E-state index contributed by atoms with van der Waals surface area (Å²) in [6, 6.07) is 0. The van der Waals surface area contributed by atoms with E-state index in [-0.39, 0.29) is 63.2 Å². The summed E-state index contributed by atoms with van der Waals surface area (Å²) in [6.45, 7) is 16.6. The first-order valence-electron chi connectivity index (χ1n) is 19.1. The van der Waals surface area contributed by atoms with E-state index < -0.39 is 63.1 Å². The van der Waals surface area contributed by atoms with Crippen LogP contribution in [0.3, 0.4) is 0 Å². The fraction of sp³-hybridized carbons (Fsp3) is 1.00. The fourth-order valence-electron chi connectivity index (χ4n) is 3.79. The van der Waals surface area contributed by atoms with Gasteiger partial charge in [0.05, 0.1) is 0 Å². The Kier molecular flexibility index (Phi) is 75.0. The molecule has 0 fully saturated rings. The second-order valence-electron chi connectivity index (χ2n) is 12.1. The van der Waals surface area contributed by atoms with Crippen LogP contribution in [0, 0.1) is 0 Å². The summed E-state index contributed by atoms with van der Waals surface area (Å²) in [6.07, 6.45) is 16.2. The average molecular weight is 1300 g/mol. The van der Waals surface area contributed by atoms with Crippen LogP contribution in [0.4, 0.5) is 0 Å². The number of hydrogen-bond acceptors (Lipinski definition) is 14. The summed E-state index contributed by atoms with van der Waals surface area (Å²) in [4.78, 5) is 89.6. The van der Waals surface area contributed by atoms with Crippen LogP contribution in [-0.4, -0.2) is 50.2 Å². The third-order valence-corrected chi connectivity index (χ3v) is 35.3. The Labute approximate surface area is 430 Å². The summed E-state index contributed by atoms with van der Waals surface area (Å²) in [5, 5.41) is 0. The van der Waals surface area contributed by atoms with Crippen molar-refractivity contribution in [1.29, 1.82) is 0 Å². The van der Waals surface area contributed by atoms with Crippen molar-refractivity contribution in [3.63, 3.8) is 0 Å². The predicted molar refractivity (Wildman–Crippen MR) is 253 cm³/mol. The summed E-state index contributed by atoms with van der Waals surface area (Å²) in [7, 11) is -2.11. The summed E-state index contributed by atoms with van der Waals surface area (Å²) in [5.41, 5.74) is -13.9. The van der Waals surface area contributed by atoms with Gasteiger partial charge in [-0.25, -0.2) is 40.3 Å². The second kappa shape index (κ2) is 53.2. The van der Waals surface area contributed by atoms with Gasteiger partial charge < -0.3 is 111 Å². The Balaban J connectivity index is -0.0000000906. The summed E-state index contributed by atoms with van der Waals surface area (Å²) >= 11 is 21.0. The first kappa shape index (κ1) is 80.3. The molecule has 0 aromatic rings. The number of unbranched alkanes of at least 4 members (excludes halogenated alkanes) is 8. The van der Waals surface area contributed by atoms with E-state index in [1.807, 2.05) is 0 Å². The smallest absolute Gasteiger partial charge is 0.854 e. The van der Waals surface area contributed by atoms with Crippen LogP contribution in [0.5, 0.6) is 0 Å². The van der Waals surface area contributed by atoms with Crippen molar-refractivity contribution in [3.8, 4) is 0 Å². The largest absolute Gasteiger partial charge is 4.00 e. The van der Waals surface area contributed by atoms with Crippen molar-refractivity contribution < 1.29 is 107 Å². The van der Waals surface area contributed by atoms with Crippen LogP contribution in [0.2, 0.25) is 0 Å². The Morgan fingerprint density at radius 1 is 0.316 bits per heavy atom. The summed E-state index contributed by atoms with van der Waals surface area (Å²) < 4.78 is 7.83. The molecule has 0 saturated carbocycles. The molecular weight excluding hydrogens is 1230 g/mol. The van der Waals surface area contributed by atoms with Crippen LogP contribution in [0.15, 0.2) is 0 Å². The number of hydrogen-bond donors (Lipinski definition) is 0. The molecule has 0 aliphatic carbocycles. The molecule has 0 amide bonds. The molecule has 57 heavy (non-hydrogen) atoms. The third-order valence-electron chi connectivity index (χ3n) is 7.13. The Hall–Kier alpha value is 6.28. The summed E-state index contributed by atoms with van der Waals surface area (Å²) in [5.74, 6) is 6.23. The maximum Gasteiger partial charge on any atom is 4.00 e. The van der Waals surface area contributed by atoms with Gasteiger partial charge >= 0.3 is 63.2 Å². The molecule has 0 spiro atoms. The van der Waals surface area contributed by atoms with Gasteiger partial charge in [-0.15, -0.1) is 0 Å². The normalized spacial score (nSPS) is 11.4. The van der Waals surface area contributed by atoms with E-state index in [9.17, 15) is 39.1 Å². The molecule has 25 heteroatoms. The zero-order chi connectivity index (χ0) is 43.3. The van der Waals surface area contributed by atoms with Crippen molar-refractivity contribution in [1.82, 2.24) is 0 Å². The molecular formula is C32H72Mo3O9P4S9. The van der Waals surface area contributed by atoms with Crippen LogP contribution < -0.4 is 39.1 Å². The van der Waals surface area contributed by atoms with Crippen LogP contribution in [0.1, 0.15) is 158 Å². The topological polar surface area (TPSA) is 202 Å².